The molecule has 3 rings (SSSR count). The molecule has 0 fully saturated rings. The van der Waals surface area contributed by atoms with Gasteiger partial charge in [0.05, 0.1) is 37.1 Å². The number of aromatic nitrogens is 1. The molecule has 0 saturated carbocycles. The Morgan fingerprint density at radius 1 is 1.04 bits per heavy atom. The van der Waals surface area contributed by atoms with Crippen LogP contribution in [-0.2, 0) is 9.53 Å². The van der Waals surface area contributed by atoms with Gasteiger partial charge >= 0.3 is 0 Å². The van der Waals surface area contributed by atoms with E-state index >= 15 is 0 Å². The van der Waals surface area contributed by atoms with Crippen LogP contribution in [-0.4, -0.2) is 44.9 Å². The standard InChI is InChI=1S/C21H24N2O4S/c1-25-15-13-23(21-22-18-6-3-4-7-19(18)28-21)20(24)8-5-14-27-17-11-9-16(26-2)10-12-17/h3-4,6-7,9-12H,5,8,13-15H2,1-2H3. The summed E-state index contributed by atoms with van der Waals surface area (Å²) in [5.74, 6) is 1.57. The monoisotopic (exact) mass is 400 g/mol. The van der Waals surface area contributed by atoms with E-state index in [0.29, 0.717) is 37.7 Å². The largest absolute Gasteiger partial charge is 0.497 e. The summed E-state index contributed by atoms with van der Waals surface area (Å²) in [5.41, 5.74) is 0.903. The number of thiazole rings is 1. The van der Waals surface area contributed by atoms with E-state index in [1.165, 1.54) is 11.3 Å². The molecule has 3 aromatic rings. The molecule has 1 heterocycles. The summed E-state index contributed by atoms with van der Waals surface area (Å²) in [5, 5.41) is 0.708. The van der Waals surface area contributed by atoms with Gasteiger partial charge in [0.2, 0.25) is 5.91 Å². The molecule has 0 aliphatic heterocycles. The van der Waals surface area contributed by atoms with Gasteiger partial charge in [0.1, 0.15) is 11.5 Å². The zero-order chi connectivity index (χ0) is 19.8. The van der Waals surface area contributed by atoms with Crippen LogP contribution in [0.3, 0.4) is 0 Å². The van der Waals surface area contributed by atoms with Crippen molar-refractivity contribution >= 4 is 32.6 Å². The van der Waals surface area contributed by atoms with E-state index in [9.17, 15) is 4.79 Å². The Morgan fingerprint density at radius 3 is 2.50 bits per heavy atom. The Hall–Kier alpha value is -2.64. The molecule has 0 N–H and O–H groups in total. The lowest BCUT2D eigenvalue weighted by Crippen LogP contribution is -2.33. The summed E-state index contributed by atoms with van der Waals surface area (Å²) in [6.45, 7) is 1.41. The molecule has 0 aliphatic carbocycles. The predicted octanol–water partition coefficient (Wildman–Crippen LogP) is 4.14. The lowest BCUT2D eigenvalue weighted by Gasteiger charge is -2.19. The number of nitrogens with zero attached hydrogens (tertiary/aromatic N) is 2. The molecule has 0 bridgehead atoms. The molecule has 7 heteroatoms. The number of anilines is 1. The van der Waals surface area contributed by atoms with Crippen molar-refractivity contribution in [3.63, 3.8) is 0 Å². The summed E-state index contributed by atoms with van der Waals surface area (Å²) < 4.78 is 17.1. The number of hydrogen-bond acceptors (Lipinski definition) is 6. The lowest BCUT2D eigenvalue weighted by molar-refractivity contribution is -0.119. The Bertz CT molecular complexity index is 862. The summed E-state index contributed by atoms with van der Waals surface area (Å²) in [7, 11) is 3.26. The van der Waals surface area contributed by atoms with Crippen molar-refractivity contribution in [3.8, 4) is 11.5 Å². The first-order valence-corrected chi connectivity index (χ1v) is 9.94. The molecule has 6 nitrogen and oxygen atoms in total. The molecule has 148 valence electrons. The highest BCUT2D eigenvalue weighted by molar-refractivity contribution is 7.22. The summed E-state index contributed by atoms with van der Waals surface area (Å²) in [6, 6.07) is 15.3. The Kier molecular flexibility index (Phi) is 7.22. The second-order valence-electron chi connectivity index (χ2n) is 6.13. The van der Waals surface area contributed by atoms with E-state index in [1.807, 2.05) is 48.5 Å². The lowest BCUT2D eigenvalue weighted by atomic mass is 10.3. The fourth-order valence-corrected chi connectivity index (χ4v) is 3.71. The van der Waals surface area contributed by atoms with Gasteiger partial charge in [0, 0.05) is 13.5 Å². The van der Waals surface area contributed by atoms with Gasteiger partial charge < -0.3 is 14.2 Å². The number of methoxy groups -OCH3 is 2. The number of hydrogen-bond donors (Lipinski definition) is 0. The zero-order valence-corrected chi connectivity index (χ0v) is 16.9. The Labute approximate surface area is 168 Å². The van der Waals surface area contributed by atoms with Crippen LogP contribution in [0.1, 0.15) is 12.8 Å². The fraction of sp³-hybridized carbons (Fsp3) is 0.333. The Morgan fingerprint density at radius 2 is 1.79 bits per heavy atom. The minimum absolute atomic E-state index is 0.0226. The van der Waals surface area contributed by atoms with Crippen LogP contribution in [0.4, 0.5) is 5.13 Å². The molecular formula is C21H24N2O4S. The number of fused-ring (bicyclic) bond motifs is 1. The molecule has 1 amide bonds. The van der Waals surface area contributed by atoms with Gasteiger partial charge in [-0.3, -0.25) is 9.69 Å². The number of rotatable bonds is 10. The smallest absolute Gasteiger partial charge is 0.228 e. The molecule has 0 aliphatic rings. The third kappa shape index (κ3) is 5.21. The molecule has 0 radical (unpaired) electrons. The highest BCUT2D eigenvalue weighted by Crippen LogP contribution is 2.29. The first kappa shape index (κ1) is 20.1. The number of amides is 1. The van der Waals surface area contributed by atoms with E-state index in [-0.39, 0.29) is 5.91 Å². The molecule has 1 aromatic heterocycles. The van der Waals surface area contributed by atoms with Crippen LogP contribution in [0.25, 0.3) is 10.2 Å². The highest BCUT2D eigenvalue weighted by Gasteiger charge is 2.19. The zero-order valence-electron chi connectivity index (χ0n) is 16.1. The quantitative estimate of drug-likeness (QED) is 0.479. The molecule has 0 spiro atoms. The third-order valence-electron chi connectivity index (χ3n) is 4.20. The van der Waals surface area contributed by atoms with Gasteiger partial charge in [-0.25, -0.2) is 4.98 Å². The first-order chi connectivity index (χ1) is 13.7. The van der Waals surface area contributed by atoms with Crippen molar-refractivity contribution in [1.82, 2.24) is 4.98 Å². The first-order valence-electron chi connectivity index (χ1n) is 9.13. The number of ether oxygens (including phenoxy) is 3. The van der Waals surface area contributed by atoms with Crippen LogP contribution in [0.5, 0.6) is 11.5 Å². The fourth-order valence-electron chi connectivity index (χ4n) is 2.71. The summed E-state index contributed by atoms with van der Waals surface area (Å²) >= 11 is 1.52. The van der Waals surface area contributed by atoms with Gasteiger partial charge in [-0.2, -0.15) is 0 Å². The molecule has 28 heavy (non-hydrogen) atoms. The van der Waals surface area contributed by atoms with Crippen molar-refractivity contribution in [1.29, 1.82) is 0 Å². The third-order valence-corrected chi connectivity index (χ3v) is 5.26. The van der Waals surface area contributed by atoms with Crippen molar-refractivity contribution in [3.05, 3.63) is 48.5 Å². The minimum atomic E-state index is 0.0226. The molecule has 2 aromatic carbocycles. The van der Waals surface area contributed by atoms with E-state index in [2.05, 4.69) is 4.98 Å². The average molecular weight is 401 g/mol. The number of carbonyl (C=O) groups excluding carboxylic acids is 1. The van der Waals surface area contributed by atoms with Gasteiger partial charge in [-0.05, 0) is 42.8 Å². The molecule has 0 saturated heterocycles. The van der Waals surface area contributed by atoms with E-state index < -0.39 is 0 Å². The van der Waals surface area contributed by atoms with Crippen LogP contribution in [0.15, 0.2) is 48.5 Å². The minimum Gasteiger partial charge on any atom is -0.497 e. The van der Waals surface area contributed by atoms with Gasteiger partial charge in [0.15, 0.2) is 5.13 Å². The maximum atomic E-state index is 12.8. The Balaban J connectivity index is 1.56. The second kappa shape index (κ2) is 10.1. The molecular weight excluding hydrogens is 376 g/mol. The maximum absolute atomic E-state index is 12.8. The van der Waals surface area contributed by atoms with Crippen molar-refractivity contribution < 1.29 is 19.0 Å². The highest BCUT2D eigenvalue weighted by atomic mass is 32.1. The van der Waals surface area contributed by atoms with Crippen molar-refractivity contribution in [2.45, 2.75) is 12.8 Å². The number of para-hydroxylation sites is 1. The van der Waals surface area contributed by atoms with Crippen LogP contribution in [0, 0.1) is 0 Å². The summed E-state index contributed by atoms with van der Waals surface area (Å²) in [6.07, 6.45) is 1.01. The van der Waals surface area contributed by atoms with E-state index in [0.717, 1.165) is 21.7 Å². The predicted molar refractivity (Wildman–Crippen MR) is 112 cm³/mol. The van der Waals surface area contributed by atoms with Crippen LogP contribution in [0.2, 0.25) is 0 Å². The normalized spacial score (nSPS) is 10.8. The van der Waals surface area contributed by atoms with Gasteiger partial charge in [-0.1, -0.05) is 23.5 Å². The van der Waals surface area contributed by atoms with Crippen LogP contribution < -0.4 is 14.4 Å². The van der Waals surface area contributed by atoms with E-state index in [4.69, 9.17) is 14.2 Å². The van der Waals surface area contributed by atoms with E-state index in [1.54, 1.807) is 19.1 Å². The second-order valence-corrected chi connectivity index (χ2v) is 7.14. The summed E-state index contributed by atoms with van der Waals surface area (Å²) in [4.78, 5) is 19.1. The van der Waals surface area contributed by atoms with Crippen LogP contribution >= 0.6 is 11.3 Å². The average Bonchev–Trinajstić information content (AvgIpc) is 3.15. The topological polar surface area (TPSA) is 60.9 Å². The van der Waals surface area contributed by atoms with Crippen molar-refractivity contribution in [2.75, 3.05) is 38.9 Å². The SMILES string of the molecule is COCCN(C(=O)CCCOc1ccc(OC)cc1)c1nc2ccccc2s1. The number of benzene rings is 2. The van der Waals surface area contributed by atoms with Gasteiger partial charge in [0.25, 0.3) is 0 Å². The van der Waals surface area contributed by atoms with Gasteiger partial charge in [-0.15, -0.1) is 0 Å². The maximum Gasteiger partial charge on any atom is 0.228 e. The molecule has 0 unspecified atom stereocenters. The molecule has 0 atom stereocenters. The number of carbonyl (C=O) groups is 1. The van der Waals surface area contributed by atoms with Crippen molar-refractivity contribution in [2.24, 2.45) is 0 Å².